The lowest BCUT2D eigenvalue weighted by Crippen LogP contribution is -2.64. The molecule has 4 atom stereocenters. The summed E-state index contributed by atoms with van der Waals surface area (Å²) in [7, 11) is 0. The van der Waals surface area contributed by atoms with E-state index in [-0.39, 0.29) is 5.91 Å². The highest BCUT2D eigenvalue weighted by molar-refractivity contribution is 5.94. The lowest BCUT2D eigenvalue weighted by atomic mass is 9.71. The van der Waals surface area contributed by atoms with Gasteiger partial charge in [0, 0.05) is 36.9 Å². The summed E-state index contributed by atoms with van der Waals surface area (Å²) in [5, 5.41) is 7.00. The van der Waals surface area contributed by atoms with Crippen molar-refractivity contribution in [2.45, 2.75) is 57.5 Å². The second kappa shape index (κ2) is 7.94. The molecular weight excluding hydrogens is 360 g/mol. The largest absolute Gasteiger partial charge is 0.338 e. The van der Waals surface area contributed by atoms with Gasteiger partial charge in [0.1, 0.15) is 0 Å². The van der Waals surface area contributed by atoms with E-state index < -0.39 is 0 Å². The van der Waals surface area contributed by atoms with Gasteiger partial charge in [0.25, 0.3) is 5.91 Å². The number of benzene rings is 1. The normalized spacial score (nSPS) is 29.5. The molecule has 5 rings (SSSR count). The van der Waals surface area contributed by atoms with Gasteiger partial charge < -0.3 is 4.90 Å². The van der Waals surface area contributed by atoms with Crippen LogP contribution in [-0.4, -0.2) is 57.6 Å². The Morgan fingerprint density at radius 3 is 2.72 bits per heavy atom. The van der Waals surface area contributed by atoms with Gasteiger partial charge >= 0.3 is 0 Å². The molecule has 3 aliphatic rings. The van der Waals surface area contributed by atoms with E-state index in [0.717, 1.165) is 29.9 Å². The number of amides is 1. The third kappa shape index (κ3) is 3.50. The van der Waals surface area contributed by atoms with Crippen molar-refractivity contribution in [1.29, 1.82) is 0 Å². The van der Waals surface area contributed by atoms with Crippen LogP contribution in [0.2, 0.25) is 0 Å². The predicted octanol–water partition coefficient (Wildman–Crippen LogP) is 4.19. The highest BCUT2D eigenvalue weighted by Gasteiger charge is 2.47. The third-order valence-electron chi connectivity index (χ3n) is 7.44. The lowest BCUT2D eigenvalue weighted by molar-refractivity contribution is -0.0670. The molecule has 3 fully saturated rings. The van der Waals surface area contributed by atoms with E-state index >= 15 is 0 Å². The molecule has 1 amide bonds. The van der Waals surface area contributed by atoms with Gasteiger partial charge in [0.2, 0.25) is 0 Å². The van der Waals surface area contributed by atoms with Gasteiger partial charge in [0.15, 0.2) is 0 Å². The van der Waals surface area contributed by atoms with E-state index in [1.165, 1.54) is 45.1 Å². The Morgan fingerprint density at radius 1 is 1.14 bits per heavy atom. The van der Waals surface area contributed by atoms with E-state index in [1.807, 2.05) is 30.3 Å². The molecule has 3 saturated heterocycles. The van der Waals surface area contributed by atoms with Gasteiger partial charge in [-0.2, -0.15) is 5.10 Å². The van der Waals surface area contributed by atoms with Gasteiger partial charge in [-0.25, -0.2) is 0 Å². The minimum atomic E-state index is 0.204. The summed E-state index contributed by atoms with van der Waals surface area (Å²) in [4.78, 5) is 18.4. The molecule has 0 aliphatic carbocycles. The highest BCUT2D eigenvalue weighted by Crippen LogP contribution is 2.42. The van der Waals surface area contributed by atoms with E-state index in [0.29, 0.717) is 23.9 Å². The Labute approximate surface area is 173 Å². The Bertz CT molecular complexity index is 831. The smallest absolute Gasteiger partial charge is 0.253 e. The molecule has 1 N–H and O–H groups in total. The van der Waals surface area contributed by atoms with Crippen LogP contribution in [0.5, 0.6) is 0 Å². The van der Waals surface area contributed by atoms with Crippen LogP contribution >= 0.6 is 0 Å². The fourth-order valence-corrected chi connectivity index (χ4v) is 6.16. The van der Waals surface area contributed by atoms with Crippen LogP contribution in [0.15, 0.2) is 36.5 Å². The first-order chi connectivity index (χ1) is 14.2. The number of piperidine rings is 3. The Balaban J connectivity index is 1.34. The maximum Gasteiger partial charge on any atom is 0.253 e. The summed E-state index contributed by atoms with van der Waals surface area (Å²) in [5.74, 6) is 1.49. The van der Waals surface area contributed by atoms with Crippen molar-refractivity contribution in [2.75, 3.05) is 19.6 Å². The quantitative estimate of drug-likeness (QED) is 0.849. The molecule has 3 aliphatic heterocycles. The Morgan fingerprint density at radius 2 is 1.97 bits per heavy atom. The fourth-order valence-electron chi connectivity index (χ4n) is 6.16. The second-order valence-corrected chi connectivity index (χ2v) is 9.17. The first-order valence-electron chi connectivity index (χ1n) is 11.4. The Hall–Kier alpha value is -2.14. The van der Waals surface area contributed by atoms with E-state index in [4.69, 9.17) is 0 Å². The second-order valence-electron chi connectivity index (χ2n) is 9.17. The number of rotatable bonds is 4. The summed E-state index contributed by atoms with van der Waals surface area (Å²) in [5.41, 5.74) is 2.85. The Kier molecular flexibility index (Phi) is 5.17. The number of H-pyrrole nitrogens is 1. The molecule has 0 spiro atoms. The molecule has 2 bridgehead atoms. The molecular formula is C24H32N4O. The number of nitrogens with zero attached hydrogens (tertiary/aromatic N) is 3. The van der Waals surface area contributed by atoms with Crippen LogP contribution in [0.1, 0.15) is 55.8 Å². The number of hydrogen-bond donors (Lipinski definition) is 1. The highest BCUT2D eigenvalue weighted by atomic mass is 16.2. The van der Waals surface area contributed by atoms with Gasteiger partial charge in [-0.1, -0.05) is 31.9 Å². The van der Waals surface area contributed by atoms with Crippen LogP contribution in [0.4, 0.5) is 0 Å². The fraction of sp³-hybridized carbons (Fsp3) is 0.583. The van der Waals surface area contributed by atoms with Gasteiger partial charge in [-0.3, -0.25) is 14.8 Å². The number of fused-ring (bicyclic) bond motifs is 4. The molecule has 2 aromatic rings. The number of nitrogens with one attached hydrogen (secondary N) is 1. The molecule has 1 aromatic heterocycles. The minimum absolute atomic E-state index is 0.204. The third-order valence-corrected chi connectivity index (χ3v) is 7.44. The molecule has 0 radical (unpaired) electrons. The van der Waals surface area contributed by atoms with Crippen molar-refractivity contribution in [3.05, 3.63) is 42.1 Å². The molecule has 5 nitrogen and oxygen atoms in total. The SMILES string of the molecule is CCC[C@H]1[C@H]2C[C@H](CN(C(=O)c3ccc(-c4ccn[nH]4)cc3)C2)[C@@H]2CCCCN21. The van der Waals surface area contributed by atoms with Crippen LogP contribution < -0.4 is 0 Å². The average molecular weight is 393 g/mol. The van der Waals surface area contributed by atoms with Crippen LogP contribution in [0.3, 0.4) is 0 Å². The summed E-state index contributed by atoms with van der Waals surface area (Å²) in [6, 6.07) is 11.3. The van der Waals surface area contributed by atoms with Crippen molar-refractivity contribution < 1.29 is 4.79 Å². The van der Waals surface area contributed by atoms with Gasteiger partial charge in [0.05, 0.1) is 5.69 Å². The number of aromatic nitrogens is 2. The van der Waals surface area contributed by atoms with Crippen LogP contribution in [-0.2, 0) is 0 Å². The van der Waals surface area contributed by atoms with Gasteiger partial charge in [-0.15, -0.1) is 0 Å². The lowest BCUT2D eigenvalue weighted by Gasteiger charge is -2.57. The first-order valence-corrected chi connectivity index (χ1v) is 11.4. The van der Waals surface area contributed by atoms with Crippen molar-refractivity contribution in [3.8, 4) is 11.3 Å². The van der Waals surface area contributed by atoms with Crippen molar-refractivity contribution >= 4 is 5.91 Å². The van der Waals surface area contributed by atoms with E-state index in [2.05, 4.69) is 26.9 Å². The predicted molar refractivity (Wildman–Crippen MR) is 115 cm³/mol. The number of aromatic amines is 1. The zero-order chi connectivity index (χ0) is 19.8. The van der Waals surface area contributed by atoms with Crippen molar-refractivity contribution in [3.63, 3.8) is 0 Å². The standard InChI is InChI=1S/C24H32N4O/c1-2-5-22-19-14-20(23-6-3-4-13-28(22)23)16-27(15-19)24(29)18-9-7-17(8-10-18)21-11-12-25-26-21/h7-12,19-20,22-23H,2-6,13-16H2,1H3,(H,25,26)/t19-,20+,22-,23-/m0/s1. The summed E-state index contributed by atoms with van der Waals surface area (Å²) in [6.07, 6.45) is 9.59. The molecule has 4 heterocycles. The zero-order valence-corrected chi connectivity index (χ0v) is 17.4. The maximum atomic E-state index is 13.3. The number of carbonyl (C=O) groups excluding carboxylic acids is 1. The molecule has 0 saturated carbocycles. The summed E-state index contributed by atoms with van der Waals surface area (Å²) >= 11 is 0. The van der Waals surface area contributed by atoms with Crippen LogP contribution in [0, 0.1) is 11.8 Å². The molecule has 1 aromatic carbocycles. The number of likely N-dealkylation sites (tertiary alicyclic amines) is 1. The topological polar surface area (TPSA) is 52.2 Å². The maximum absolute atomic E-state index is 13.3. The van der Waals surface area contributed by atoms with Crippen molar-refractivity contribution in [2.24, 2.45) is 11.8 Å². The molecule has 0 unspecified atom stereocenters. The number of hydrogen-bond acceptors (Lipinski definition) is 3. The van der Waals surface area contributed by atoms with E-state index in [9.17, 15) is 4.79 Å². The van der Waals surface area contributed by atoms with E-state index in [1.54, 1.807) is 6.20 Å². The average Bonchev–Trinajstić information content (AvgIpc) is 3.31. The summed E-state index contributed by atoms with van der Waals surface area (Å²) in [6.45, 7) is 5.42. The summed E-state index contributed by atoms with van der Waals surface area (Å²) < 4.78 is 0. The van der Waals surface area contributed by atoms with Gasteiger partial charge in [-0.05, 0) is 67.8 Å². The monoisotopic (exact) mass is 392 g/mol. The first kappa shape index (κ1) is 18.9. The molecule has 29 heavy (non-hydrogen) atoms. The van der Waals surface area contributed by atoms with Crippen molar-refractivity contribution in [1.82, 2.24) is 20.0 Å². The molecule has 5 heteroatoms. The zero-order valence-electron chi connectivity index (χ0n) is 17.4. The minimum Gasteiger partial charge on any atom is -0.338 e. The van der Waals surface area contributed by atoms with Crippen LogP contribution in [0.25, 0.3) is 11.3 Å². The number of carbonyl (C=O) groups is 1. The molecule has 154 valence electrons.